The lowest BCUT2D eigenvalue weighted by atomic mass is 9.68. The molecule has 2 aliphatic rings. The molecule has 0 radical (unpaired) electrons. The van der Waals surface area contributed by atoms with Crippen molar-refractivity contribution in [3.05, 3.63) is 107 Å². The number of halogens is 5. The molecule has 41 heavy (non-hydrogen) atoms. The van der Waals surface area contributed by atoms with Crippen molar-refractivity contribution in [1.29, 1.82) is 0 Å². The molecule has 2 heterocycles. The summed E-state index contributed by atoms with van der Waals surface area (Å²) in [7, 11) is 0. The van der Waals surface area contributed by atoms with Gasteiger partial charge in [-0.15, -0.1) is 0 Å². The molecule has 5 rings (SSSR count). The van der Waals surface area contributed by atoms with Crippen LogP contribution in [0.3, 0.4) is 0 Å². The first kappa shape index (κ1) is 28.7. The Bertz CT molecular complexity index is 1340. The fourth-order valence-corrected chi connectivity index (χ4v) is 5.86. The molecule has 2 saturated heterocycles. The molecule has 3 aromatic carbocycles. The molecule has 5 nitrogen and oxygen atoms in total. The van der Waals surface area contributed by atoms with E-state index in [-0.39, 0.29) is 18.4 Å². The zero-order valence-corrected chi connectivity index (χ0v) is 22.3. The van der Waals surface area contributed by atoms with Gasteiger partial charge in [0.05, 0.1) is 17.5 Å². The highest BCUT2D eigenvalue weighted by atomic mass is 19.4. The molecule has 0 spiro atoms. The van der Waals surface area contributed by atoms with Crippen molar-refractivity contribution in [1.82, 2.24) is 14.7 Å². The molecule has 0 saturated carbocycles. The number of likely N-dealkylation sites (tertiary alicyclic amines) is 1. The van der Waals surface area contributed by atoms with Gasteiger partial charge in [-0.05, 0) is 59.9 Å². The predicted octanol–water partition coefficient (Wildman–Crippen LogP) is 5.24. The lowest BCUT2D eigenvalue weighted by molar-refractivity contribution is -0.146. The van der Waals surface area contributed by atoms with Crippen LogP contribution in [0.5, 0.6) is 0 Å². The van der Waals surface area contributed by atoms with E-state index in [1.165, 1.54) is 35.2 Å². The second-order valence-electron chi connectivity index (χ2n) is 10.6. The first-order chi connectivity index (χ1) is 19.6. The summed E-state index contributed by atoms with van der Waals surface area (Å²) in [5, 5.41) is 0. The monoisotopic (exact) mass is 571 g/mol. The van der Waals surface area contributed by atoms with Crippen LogP contribution >= 0.6 is 0 Å². The smallest absolute Gasteiger partial charge is 0.339 e. The Morgan fingerprint density at radius 2 is 1.39 bits per heavy atom. The van der Waals surface area contributed by atoms with Gasteiger partial charge in [-0.2, -0.15) is 13.2 Å². The highest BCUT2D eigenvalue weighted by molar-refractivity contribution is 5.95. The van der Waals surface area contributed by atoms with Crippen molar-refractivity contribution in [2.75, 3.05) is 39.3 Å². The Balaban J connectivity index is 1.26. The molecule has 2 fully saturated rings. The van der Waals surface area contributed by atoms with Crippen molar-refractivity contribution in [2.45, 2.75) is 31.0 Å². The van der Waals surface area contributed by atoms with E-state index in [9.17, 15) is 31.5 Å². The second-order valence-corrected chi connectivity index (χ2v) is 10.6. The molecule has 0 bridgehead atoms. The van der Waals surface area contributed by atoms with Crippen LogP contribution in [-0.2, 0) is 27.7 Å². The zero-order valence-electron chi connectivity index (χ0n) is 22.3. The van der Waals surface area contributed by atoms with Gasteiger partial charge in [-0.25, -0.2) is 8.78 Å². The predicted molar refractivity (Wildman–Crippen MR) is 143 cm³/mol. The number of hydrogen-bond donors (Lipinski definition) is 0. The summed E-state index contributed by atoms with van der Waals surface area (Å²) in [6, 6.07) is 16.6. The van der Waals surface area contributed by atoms with Gasteiger partial charge in [-0.3, -0.25) is 14.5 Å². The van der Waals surface area contributed by atoms with Crippen LogP contribution in [-0.4, -0.2) is 65.8 Å². The number of rotatable bonds is 6. The van der Waals surface area contributed by atoms with E-state index in [2.05, 4.69) is 0 Å². The fourth-order valence-electron chi connectivity index (χ4n) is 5.86. The topological polar surface area (TPSA) is 43.9 Å². The number of piperazine rings is 1. The number of alkyl halides is 3. The summed E-state index contributed by atoms with van der Waals surface area (Å²) in [4.78, 5) is 32.6. The van der Waals surface area contributed by atoms with Crippen LogP contribution in [0, 0.1) is 11.6 Å². The van der Waals surface area contributed by atoms with Crippen LogP contribution in [0.15, 0.2) is 72.8 Å². The van der Waals surface area contributed by atoms with Gasteiger partial charge < -0.3 is 9.80 Å². The van der Waals surface area contributed by atoms with E-state index < -0.39 is 28.8 Å². The summed E-state index contributed by atoms with van der Waals surface area (Å²) in [5.41, 5.74) is -0.153. The Labute approximate surface area is 235 Å². The van der Waals surface area contributed by atoms with Gasteiger partial charge in [0.15, 0.2) is 0 Å². The SMILES string of the molecule is O=C(CN1CCCC(c2ccc(F)cc2)(c2ccc(F)cc2)C1=O)N1CCN(Cc2cccc(C(F)(F)F)c2)CC1. The molecule has 0 aliphatic carbocycles. The maximum Gasteiger partial charge on any atom is 0.416 e. The Morgan fingerprint density at radius 1 is 0.805 bits per heavy atom. The maximum absolute atomic E-state index is 14.1. The molecule has 0 atom stereocenters. The third-order valence-corrected chi connectivity index (χ3v) is 8.02. The first-order valence-corrected chi connectivity index (χ1v) is 13.5. The van der Waals surface area contributed by atoms with Gasteiger partial charge in [0.1, 0.15) is 11.6 Å². The molecule has 3 aromatic rings. The number of amides is 2. The first-order valence-electron chi connectivity index (χ1n) is 13.5. The van der Waals surface area contributed by atoms with Gasteiger partial charge in [0.2, 0.25) is 11.8 Å². The summed E-state index contributed by atoms with van der Waals surface area (Å²) >= 11 is 0. The molecule has 10 heteroatoms. The molecular formula is C31H30F5N3O2. The Kier molecular flexibility index (Phi) is 8.13. The highest BCUT2D eigenvalue weighted by Crippen LogP contribution is 2.41. The molecule has 216 valence electrons. The summed E-state index contributed by atoms with van der Waals surface area (Å²) in [6.07, 6.45) is -3.38. The summed E-state index contributed by atoms with van der Waals surface area (Å²) in [6.45, 7) is 2.35. The standard InChI is InChI=1S/C31H30F5N3O2/c32-26-9-5-23(6-10-26)30(24-7-11-27(33)12-8-24)13-2-14-39(29(30)41)21-28(40)38-17-15-37(16-18-38)20-22-3-1-4-25(19-22)31(34,35)36/h1,3-12,19H,2,13-18,20-21H2. The minimum atomic E-state index is -4.40. The van der Waals surface area contributed by atoms with Crippen molar-refractivity contribution in [3.8, 4) is 0 Å². The fraction of sp³-hybridized carbons (Fsp3) is 0.355. The minimum absolute atomic E-state index is 0.128. The van der Waals surface area contributed by atoms with E-state index >= 15 is 0 Å². The van der Waals surface area contributed by atoms with Crippen molar-refractivity contribution >= 4 is 11.8 Å². The van der Waals surface area contributed by atoms with Gasteiger partial charge in [0, 0.05) is 39.3 Å². The van der Waals surface area contributed by atoms with E-state index in [4.69, 9.17) is 0 Å². The van der Waals surface area contributed by atoms with Crippen LogP contribution in [0.1, 0.15) is 35.1 Å². The van der Waals surface area contributed by atoms with Crippen LogP contribution in [0.4, 0.5) is 22.0 Å². The Hall–Kier alpha value is -3.79. The Morgan fingerprint density at radius 3 is 1.95 bits per heavy atom. The quantitative estimate of drug-likeness (QED) is 0.381. The lowest BCUT2D eigenvalue weighted by Gasteiger charge is -2.43. The molecule has 0 aromatic heterocycles. The summed E-state index contributed by atoms with van der Waals surface area (Å²) in [5.74, 6) is -1.39. The molecule has 0 unspecified atom stereocenters. The largest absolute Gasteiger partial charge is 0.416 e. The molecule has 0 N–H and O–H groups in total. The average molecular weight is 572 g/mol. The van der Waals surface area contributed by atoms with E-state index in [0.717, 1.165) is 12.1 Å². The summed E-state index contributed by atoms with van der Waals surface area (Å²) < 4.78 is 66.7. The van der Waals surface area contributed by atoms with Crippen LogP contribution < -0.4 is 0 Å². The number of benzene rings is 3. The van der Waals surface area contributed by atoms with E-state index in [1.807, 2.05) is 4.90 Å². The third kappa shape index (κ3) is 6.12. The van der Waals surface area contributed by atoms with Crippen LogP contribution in [0.25, 0.3) is 0 Å². The molecular weight excluding hydrogens is 541 g/mol. The van der Waals surface area contributed by atoms with Crippen molar-refractivity contribution in [3.63, 3.8) is 0 Å². The normalized spacial score (nSPS) is 18.0. The van der Waals surface area contributed by atoms with Crippen molar-refractivity contribution in [2.24, 2.45) is 0 Å². The lowest BCUT2D eigenvalue weighted by Crippen LogP contribution is -2.56. The minimum Gasteiger partial charge on any atom is -0.339 e. The number of nitrogens with zero attached hydrogens (tertiary/aromatic N) is 3. The average Bonchev–Trinajstić information content (AvgIpc) is 2.95. The molecule has 2 amide bonds. The third-order valence-electron chi connectivity index (χ3n) is 8.02. The number of piperidine rings is 1. The van der Waals surface area contributed by atoms with Crippen LogP contribution in [0.2, 0.25) is 0 Å². The number of carbonyl (C=O) groups is 2. The van der Waals surface area contributed by atoms with E-state index in [0.29, 0.717) is 68.8 Å². The van der Waals surface area contributed by atoms with E-state index in [1.54, 1.807) is 35.2 Å². The van der Waals surface area contributed by atoms with Crippen molar-refractivity contribution < 1.29 is 31.5 Å². The maximum atomic E-state index is 14.1. The van der Waals surface area contributed by atoms with Gasteiger partial charge >= 0.3 is 6.18 Å². The van der Waals surface area contributed by atoms with Gasteiger partial charge in [-0.1, -0.05) is 42.5 Å². The number of carbonyl (C=O) groups excluding carboxylic acids is 2. The molecule has 2 aliphatic heterocycles. The number of hydrogen-bond acceptors (Lipinski definition) is 3. The zero-order chi connectivity index (χ0) is 29.2. The van der Waals surface area contributed by atoms with Gasteiger partial charge in [0.25, 0.3) is 0 Å². The second kappa shape index (κ2) is 11.6. The highest BCUT2D eigenvalue weighted by Gasteiger charge is 2.47.